The molecule has 2 aromatic carbocycles. The fraction of sp³-hybridized carbons (Fsp3) is 0. The van der Waals surface area contributed by atoms with E-state index in [1.807, 2.05) is 0 Å². The van der Waals surface area contributed by atoms with Gasteiger partial charge in [-0.05, 0) is 35.4 Å². The van der Waals surface area contributed by atoms with Crippen LogP contribution in [0.25, 0.3) is 22.4 Å². The van der Waals surface area contributed by atoms with Crippen molar-refractivity contribution in [1.82, 2.24) is 9.97 Å². The molecule has 0 unspecified atom stereocenters. The van der Waals surface area contributed by atoms with Crippen LogP contribution in [0.1, 0.15) is 0 Å². The van der Waals surface area contributed by atoms with Crippen LogP contribution in [0, 0.1) is 0 Å². The lowest BCUT2D eigenvalue weighted by Crippen LogP contribution is -2.00. The van der Waals surface area contributed by atoms with Gasteiger partial charge >= 0.3 is 0 Å². The number of aromatic nitrogens is 2. The first-order chi connectivity index (χ1) is 10.5. The number of nitrogen functional groups attached to an aromatic ring is 2. The molecule has 6 nitrogen and oxygen atoms in total. The zero-order valence-corrected chi connectivity index (χ0v) is 11.6. The van der Waals surface area contributed by atoms with Gasteiger partial charge in [-0.15, -0.1) is 0 Å². The fourth-order valence-corrected chi connectivity index (χ4v) is 2.20. The van der Waals surface area contributed by atoms with E-state index in [4.69, 9.17) is 11.5 Å². The highest BCUT2D eigenvalue weighted by atomic mass is 16.3. The Morgan fingerprint density at radius 3 is 2.14 bits per heavy atom. The smallest absolute Gasteiger partial charge is 0.222 e. The van der Waals surface area contributed by atoms with E-state index in [0.717, 1.165) is 11.1 Å². The van der Waals surface area contributed by atoms with Crippen LogP contribution in [0.15, 0.2) is 48.5 Å². The summed E-state index contributed by atoms with van der Waals surface area (Å²) in [7, 11) is 0. The molecular weight excluding hydrogens is 280 g/mol. The number of phenols is 2. The van der Waals surface area contributed by atoms with E-state index in [1.165, 1.54) is 0 Å². The first-order valence-electron chi connectivity index (χ1n) is 6.56. The molecule has 1 aromatic heterocycles. The molecule has 0 radical (unpaired) electrons. The van der Waals surface area contributed by atoms with Crippen molar-refractivity contribution in [1.29, 1.82) is 0 Å². The lowest BCUT2D eigenvalue weighted by atomic mass is 10.0. The maximum absolute atomic E-state index is 10.1. The van der Waals surface area contributed by atoms with Crippen molar-refractivity contribution in [3.8, 4) is 33.9 Å². The number of phenolic OH excluding ortho intramolecular Hbond substituents is 2. The second-order valence-corrected chi connectivity index (χ2v) is 4.82. The second-order valence-electron chi connectivity index (χ2n) is 4.82. The van der Waals surface area contributed by atoms with Gasteiger partial charge in [0.2, 0.25) is 5.95 Å². The molecule has 6 N–H and O–H groups in total. The normalized spacial score (nSPS) is 10.5. The predicted octanol–water partition coefficient (Wildman–Crippen LogP) is 2.39. The fourth-order valence-electron chi connectivity index (χ4n) is 2.20. The summed E-state index contributed by atoms with van der Waals surface area (Å²) < 4.78 is 0. The van der Waals surface area contributed by atoms with Crippen molar-refractivity contribution in [2.45, 2.75) is 0 Å². The molecule has 3 rings (SSSR count). The van der Waals surface area contributed by atoms with Gasteiger partial charge in [0.15, 0.2) is 0 Å². The molecule has 6 heteroatoms. The lowest BCUT2D eigenvalue weighted by Gasteiger charge is -2.09. The van der Waals surface area contributed by atoms with Gasteiger partial charge in [-0.1, -0.05) is 18.2 Å². The van der Waals surface area contributed by atoms with Crippen molar-refractivity contribution >= 4 is 11.8 Å². The van der Waals surface area contributed by atoms with E-state index < -0.39 is 0 Å². The number of aromatic hydroxyl groups is 2. The lowest BCUT2D eigenvalue weighted by molar-refractivity contribution is 0.475. The molecule has 0 fully saturated rings. The highest BCUT2D eigenvalue weighted by Crippen LogP contribution is 2.33. The van der Waals surface area contributed by atoms with Crippen LogP contribution >= 0.6 is 0 Å². The average molecular weight is 294 g/mol. The molecule has 0 atom stereocenters. The van der Waals surface area contributed by atoms with E-state index in [9.17, 15) is 10.2 Å². The standard InChI is InChI=1S/C16H14N4O2/c17-15-8-13(19-16(18)20-15)12-7-10(3-6-14(12)22)9-1-4-11(21)5-2-9/h1-8,21-22H,(H4,17,18,19,20). The Bertz CT molecular complexity index is 812. The second kappa shape index (κ2) is 5.25. The molecule has 0 saturated carbocycles. The first kappa shape index (κ1) is 13.7. The summed E-state index contributed by atoms with van der Waals surface area (Å²) in [6.45, 7) is 0. The molecule has 22 heavy (non-hydrogen) atoms. The summed E-state index contributed by atoms with van der Waals surface area (Å²) >= 11 is 0. The minimum Gasteiger partial charge on any atom is -0.508 e. The zero-order valence-electron chi connectivity index (χ0n) is 11.6. The monoisotopic (exact) mass is 294 g/mol. The quantitative estimate of drug-likeness (QED) is 0.576. The van der Waals surface area contributed by atoms with Crippen LogP contribution in [0.5, 0.6) is 11.5 Å². The molecule has 110 valence electrons. The molecule has 0 aliphatic rings. The van der Waals surface area contributed by atoms with Crippen molar-refractivity contribution < 1.29 is 10.2 Å². The Hall–Kier alpha value is -3.28. The van der Waals surface area contributed by atoms with Gasteiger partial charge in [-0.2, -0.15) is 4.98 Å². The largest absolute Gasteiger partial charge is 0.508 e. The number of benzene rings is 2. The van der Waals surface area contributed by atoms with E-state index in [2.05, 4.69) is 9.97 Å². The Labute approximate surface area is 126 Å². The van der Waals surface area contributed by atoms with Gasteiger partial charge in [0.1, 0.15) is 17.3 Å². The number of hydrogen-bond acceptors (Lipinski definition) is 6. The number of anilines is 2. The molecule has 0 saturated heterocycles. The van der Waals surface area contributed by atoms with Crippen molar-refractivity contribution in [3.05, 3.63) is 48.5 Å². The molecular formula is C16H14N4O2. The summed E-state index contributed by atoms with van der Waals surface area (Å²) in [6.07, 6.45) is 0. The summed E-state index contributed by atoms with van der Waals surface area (Å²) in [5.74, 6) is 0.542. The SMILES string of the molecule is Nc1cc(-c2cc(-c3ccc(O)cc3)ccc2O)nc(N)n1. The third-order valence-electron chi connectivity index (χ3n) is 3.24. The third kappa shape index (κ3) is 2.62. The van der Waals surface area contributed by atoms with Crippen LogP contribution in [-0.4, -0.2) is 20.2 Å². The molecule has 0 amide bonds. The topological polar surface area (TPSA) is 118 Å². The molecule has 0 aliphatic heterocycles. The Balaban J connectivity index is 2.12. The highest BCUT2D eigenvalue weighted by molar-refractivity contribution is 5.77. The number of nitrogens with zero attached hydrogens (tertiary/aromatic N) is 2. The zero-order chi connectivity index (χ0) is 15.7. The molecule has 0 aliphatic carbocycles. The first-order valence-corrected chi connectivity index (χ1v) is 6.56. The van der Waals surface area contributed by atoms with Crippen molar-refractivity contribution in [3.63, 3.8) is 0 Å². The van der Waals surface area contributed by atoms with Crippen LogP contribution in [0.3, 0.4) is 0 Å². The maximum atomic E-state index is 10.1. The van der Waals surface area contributed by atoms with Crippen LogP contribution < -0.4 is 11.5 Å². The van der Waals surface area contributed by atoms with Crippen molar-refractivity contribution in [2.24, 2.45) is 0 Å². The van der Waals surface area contributed by atoms with Gasteiger partial charge in [-0.3, -0.25) is 0 Å². The number of hydrogen-bond donors (Lipinski definition) is 4. The summed E-state index contributed by atoms with van der Waals surface area (Å²) in [4.78, 5) is 7.92. The Morgan fingerprint density at radius 2 is 1.45 bits per heavy atom. The molecule has 0 spiro atoms. The Morgan fingerprint density at radius 1 is 0.773 bits per heavy atom. The molecule has 3 aromatic rings. The number of nitrogens with two attached hydrogens (primary N) is 2. The summed E-state index contributed by atoms with van der Waals surface area (Å²) in [5, 5.41) is 19.4. The highest BCUT2D eigenvalue weighted by Gasteiger charge is 2.10. The minimum absolute atomic E-state index is 0.0458. The van der Waals surface area contributed by atoms with Crippen LogP contribution in [0.4, 0.5) is 11.8 Å². The average Bonchev–Trinajstić information content (AvgIpc) is 2.47. The van der Waals surface area contributed by atoms with Crippen LogP contribution in [0.2, 0.25) is 0 Å². The summed E-state index contributed by atoms with van der Waals surface area (Å²) in [6, 6.07) is 13.5. The number of rotatable bonds is 2. The maximum Gasteiger partial charge on any atom is 0.222 e. The molecule has 0 bridgehead atoms. The Kier molecular flexibility index (Phi) is 3.27. The van der Waals surface area contributed by atoms with Gasteiger partial charge < -0.3 is 21.7 Å². The third-order valence-corrected chi connectivity index (χ3v) is 3.24. The molecule has 1 heterocycles. The van der Waals surface area contributed by atoms with Crippen LogP contribution in [-0.2, 0) is 0 Å². The van der Waals surface area contributed by atoms with Gasteiger partial charge in [0, 0.05) is 11.6 Å². The van der Waals surface area contributed by atoms with Gasteiger partial charge in [-0.25, -0.2) is 4.98 Å². The van der Waals surface area contributed by atoms with E-state index in [-0.39, 0.29) is 23.3 Å². The van der Waals surface area contributed by atoms with Crippen molar-refractivity contribution in [2.75, 3.05) is 11.5 Å². The minimum atomic E-state index is 0.0458. The van der Waals surface area contributed by atoms with E-state index >= 15 is 0 Å². The van der Waals surface area contributed by atoms with Gasteiger partial charge in [0.25, 0.3) is 0 Å². The van der Waals surface area contributed by atoms with Gasteiger partial charge in [0.05, 0.1) is 5.69 Å². The van der Waals surface area contributed by atoms with E-state index in [1.54, 1.807) is 48.5 Å². The van der Waals surface area contributed by atoms with E-state index in [0.29, 0.717) is 11.3 Å². The predicted molar refractivity (Wildman–Crippen MR) is 85.1 cm³/mol. The summed E-state index contributed by atoms with van der Waals surface area (Å²) in [5.41, 5.74) is 14.0.